The van der Waals surface area contributed by atoms with Crippen LogP contribution < -0.4 is 19.1 Å². The van der Waals surface area contributed by atoms with Crippen LogP contribution in [0.15, 0.2) is 42.5 Å². The Morgan fingerprint density at radius 3 is 2.48 bits per heavy atom. The zero-order chi connectivity index (χ0) is 23.0. The largest absolute Gasteiger partial charge is 0.495 e. The van der Waals surface area contributed by atoms with Crippen molar-refractivity contribution in [1.29, 1.82) is 0 Å². The second kappa shape index (κ2) is 11.0. The lowest BCUT2D eigenvalue weighted by Gasteiger charge is -2.24. The van der Waals surface area contributed by atoms with E-state index in [1.807, 2.05) is 39.0 Å². The summed E-state index contributed by atoms with van der Waals surface area (Å²) in [6.07, 6.45) is 1.72. The van der Waals surface area contributed by atoms with Gasteiger partial charge in [-0.05, 0) is 62.6 Å². The second-order valence-electron chi connectivity index (χ2n) is 7.64. The van der Waals surface area contributed by atoms with Gasteiger partial charge in [0.1, 0.15) is 18.1 Å². The summed E-state index contributed by atoms with van der Waals surface area (Å²) in [6.45, 7) is 6.47. The lowest BCUT2D eigenvalue weighted by molar-refractivity contribution is -0.121. The third-order valence-corrected chi connectivity index (χ3v) is 6.08. The van der Waals surface area contributed by atoms with Crippen LogP contribution in [0.4, 0.5) is 5.69 Å². The number of methoxy groups -OCH3 is 1. The van der Waals surface area contributed by atoms with E-state index in [9.17, 15) is 13.2 Å². The minimum absolute atomic E-state index is 0.148. The lowest BCUT2D eigenvalue weighted by Crippen LogP contribution is -2.37. The molecule has 170 valence electrons. The molecule has 2 aromatic rings. The van der Waals surface area contributed by atoms with E-state index in [1.165, 1.54) is 17.0 Å². The van der Waals surface area contributed by atoms with Crippen molar-refractivity contribution in [2.75, 3.05) is 30.8 Å². The molecule has 0 heterocycles. The Bertz CT molecular complexity index is 991. The van der Waals surface area contributed by atoms with Gasteiger partial charge < -0.3 is 14.8 Å². The molecule has 0 bridgehead atoms. The summed E-state index contributed by atoms with van der Waals surface area (Å²) in [5, 5.41) is 2.89. The number of carbonyl (C=O) groups is 1. The number of carbonyl (C=O) groups excluding carboxylic acids is 1. The van der Waals surface area contributed by atoms with E-state index in [2.05, 4.69) is 5.32 Å². The molecule has 1 N–H and O–H groups in total. The molecule has 0 saturated heterocycles. The van der Waals surface area contributed by atoms with Gasteiger partial charge >= 0.3 is 0 Å². The normalized spacial score (nSPS) is 12.2. The van der Waals surface area contributed by atoms with Gasteiger partial charge in [0.25, 0.3) is 0 Å². The van der Waals surface area contributed by atoms with E-state index >= 15 is 0 Å². The average molecular weight is 449 g/mol. The molecule has 0 aromatic heterocycles. The number of amides is 1. The SMILES string of the molecule is COc1ccccc1N(CCCC(=O)N[C@H](C)COc1ccc(C)c(C)c1)S(C)(=O)=O. The number of aryl methyl sites for hydroxylation is 2. The second-order valence-corrected chi connectivity index (χ2v) is 9.54. The molecule has 2 aromatic carbocycles. The van der Waals surface area contributed by atoms with E-state index in [0.29, 0.717) is 24.5 Å². The van der Waals surface area contributed by atoms with Crippen molar-refractivity contribution in [3.8, 4) is 11.5 Å². The number of rotatable bonds is 11. The fourth-order valence-corrected chi connectivity index (χ4v) is 4.07. The van der Waals surface area contributed by atoms with Crippen molar-refractivity contribution in [2.24, 2.45) is 0 Å². The van der Waals surface area contributed by atoms with Gasteiger partial charge in [0.2, 0.25) is 15.9 Å². The van der Waals surface area contributed by atoms with Gasteiger partial charge in [-0.3, -0.25) is 9.10 Å². The standard InChI is InChI=1S/C23H32N2O5S/c1-17-12-13-20(15-18(17)2)30-16-19(3)24-23(26)11-8-14-25(31(5,27)28)21-9-6-7-10-22(21)29-4/h6-7,9-10,12-13,15,19H,8,11,14,16H2,1-5H3,(H,24,26)/t19-/m1/s1. The Balaban J connectivity index is 1.85. The van der Waals surface area contributed by atoms with Crippen LogP contribution in [0, 0.1) is 13.8 Å². The maximum atomic E-state index is 12.3. The molecule has 0 saturated carbocycles. The van der Waals surface area contributed by atoms with Gasteiger partial charge in [0.05, 0.1) is 25.1 Å². The maximum Gasteiger partial charge on any atom is 0.232 e. The van der Waals surface area contributed by atoms with E-state index in [1.54, 1.807) is 24.3 Å². The van der Waals surface area contributed by atoms with Crippen molar-refractivity contribution in [2.45, 2.75) is 39.7 Å². The maximum absolute atomic E-state index is 12.3. The van der Waals surface area contributed by atoms with Crippen molar-refractivity contribution in [3.05, 3.63) is 53.6 Å². The van der Waals surface area contributed by atoms with E-state index < -0.39 is 10.0 Å². The summed E-state index contributed by atoms with van der Waals surface area (Å²) in [5.74, 6) is 1.09. The summed E-state index contributed by atoms with van der Waals surface area (Å²) >= 11 is 0. The number of hydrogen-bond acceptors (Lipinski definition) is 5. The number of nitrogens with zero attached hydrogens (tertiary/aromatic N) is 1. The van der Waals surface area contributed by atoms with Crippen molar-refractivity contribution in [3.63, 3.8) is 0 Å². The third kappa shape index (κ3) is 7.47. The molecule has 31 heavy (non-hydrogen) atoms. The number of benzene rings is 2. The van der Waals surface area contributed by atoms with E-state index in [-0.39, 0.29) is 24.9 Å². The quantitative estimate of drug-likeness (QED) is 0.569. The number of nitrogens with one attached hydrogen (secondary N) is 1. The molecule has 0 spiro atoms. The minimum atomic E-state index is -3.52. The van der Waals surface area contributed by atoms with Crippen LogP contribution in [-0.2, 0) is 14.8 Å². The Labute approximate surface area is 185 Å². The number of anilines is 1. The Hall–Kier alpha value is -2.74. The molecule has 0 aliphatic heterocycles. The molecule has 0 radical (unpaired) electrons. The molecule has 0 fully saturated rings. The molecule has 1 atom stereocenters. The molecule has 0 aliphatic rings. The number of para-hydroxylation sites is 2. The van der Waals surface area contributed by atoms with Gasteiger partial charge in [0, 0.05) is 13.0 Å². The first-order chi connectivity index (χ1) is 14.6. The van der Waals surface area contributed by atoms with Crippen LogP contribution in [-0.4, -0.2) is 46.9 Å². The van der Waals surface area contributed by atoms with Gasteiger partial charge in [-0.25, -0.2) is 8.42 Å². The van der Waals surface area contributed by atoms with Crippen molar-refractivity contribution >= 4 is 21.6 Å². The monoisotopic (exact) mass is 448 g/mol. The van der Waals surface area contributed by atoms with E-state index in [4.69, 9.17) is 9.47 Å². The molecule has 7 nitrogen and oxygen atoms in total. The highest BCUT2D eigenvalue weighted by molar-refractivity contribution is 7.92. The molecule has 0 unspecified atom stereocenters. The first-order valence-electron chi connectivity index (χ1n) is 10.2. The summed E-state index contributed by atoms with van der Waals surface area (Å²) < 4.78 is 36.9. The fourth-order valence-electron chi connectivity index (χ4n) is 3.10. The molecule has 8 heteroatoms. The molecule has 2 rings (SSSR count). The number of ether oxygens (including phenoxy) is 2. The van der Waals surface area contributed by atoms with Crippen molar-refractivity contribution in [1.82, 2.24) is 5.32 Å². The summed E-state index contributed by atoms with van der Waals surface area (Å²) in [6, 6.07) is 12.6. The third-order valence-electron chi connectivity index (χ3n) is 4.90. The van der Waals surface area contributed by atoms with Gasteiger partial charge in [-0.15, -0.1) is 0 Å². The Morgan fingerprint density at radius 1 is 1.13 bits per heavy atom. The summed E-state index contributed by atoms with van der Waals surface area (Å²) in [7, 11) is -2.02. The van der Waals surface area contributed by atoms with Crippen LogP contribution in [0.1, 0.15) is 30.9 Å². The fraction of sp³-hybridized carbons (Fsp3) is 0.435. The topological polar surface area (TPSA) is 84.9 Å². The van der Waals surface area contributed by atoms with Gasteiger partial charge in [-0.2, -0.15) is 0 Å². The van der Waals surface area contributed by atoms with E-state index in [0.717, 1.165) is 17.6 Å². The van der Waals surface area contributed by atoms with Crippen LogP contribution in [0.3, 0.4) is 0 Å². The van der Waals surface area contributed by atoms with Gasteiger partial charge in [0.15, 0.2) is 0 Å². The first-order valence-corrected chi connectivity index (χ1v) is 12.1. The zero-order valence-corrected chi connectivity index (χ0v) is 19.7. The predicted octanol–water partition coefficient (Wildman–Crippen LogP) is 3.44. The smallest absolute Gasteiger partial charge is 0.232 e. The lowest BCUT2D eigenvalue weighted by atomic mass is 10.1. The van der Waals surface area contributed by atoms with Crippen molar-refractivity contribution < 1.29 is 22.7 Å². The minimum Gasteiger partial charge on any atom is -0.495 e. The molecular weight excluding hydrogens is 416 g/mol. The summed E-state index contributed by atoms with van der Waals surface area (Å²) in [4.78, 5) is 12.3. The number of sulfonamides is 1. The Kier molecular flexibility index (Phi) is 8.74. The highest BCUT2D eigenvalue weighted by atomic mass is 32.2. The molecular formula is C23H32N2O5S. The highest BCUT2D eigenvalue weighted by Gasteiger charge is 2.21. The van der Waals surface area contributed by atoms with Crippen LogP contribution in [0.25, 0.3) is 0 Å². The average Bonchev–Trinajstić information content (AvgIpc) is 2.71. The summed E-state index contributed by atoms with van der Waals surface area (Å²) in [5.41, 5.74) is 2.81. The predicted molar refractivity (Wildman–Crippen MR) is 123 cm³/mol. The molecule has 1 amide bonds. The highest BCUT2D eigenvalue weighted by Crippen LogP contribution is 2.29. The van der Waals surface area contributed by atoms with Gasteiger partial charge in [-0.1, -0.05) is 18.2 Å². The van der Waals surface area contributed by atoms with Crippen LogP contribution >= 0.6 is 0 Å². The molecule has 0 aliphatic carbocycles. The van der Waals surface area contributed by atoms with Crippen LogP contribution in [0.5, 0.6) is 11.5 Å². The van der Waals surface area contributed by atoms with Crippen LogP contribution in [0.2, 0.25) is 0 Å². The first kappa shape index (κ1) is 24.5. The Morgan fingerprint density at radius 2 is 1.84 bits per heavy atom. The number of hydrogen-bond donors (Lipinski definition) is 1. The zero-order valence-electron chi connectivity index (χ0n) is 18.8.